The summed E-state index contributed by atoms with van der Waals surface area (Å²) in [4.78, 5) is 25.3. The molecular formula is C15H19FN2O3. The Morgan fingerprint density at radius 3 is 2.38 bits per heavy atom. The van der Waals surface area contributed by atoms with Crippen LogP contribution in [0, 0.1) is 5.82 Å². The number of benzene rings is 1. The molecule has 0 radical (unpaired) electrons. The largest absolute Gasteiger partial charge is 0.479 e. The van der Waals surface area contributed by atoms with E-state index in [1.807, 2.05) is 4.90 Å². The van der Waals surface area contributed by atoms with Crippen molar-refractivity contribution in [2.75, 3.05) is 19.6 Å². The molecule has 1 fully saturated rings. The molecule has 2 rings (SSSR count). The first kappa shape index (κ1) is 15.4. The van der Waals surface area contributed by atoms with Gasteiger partial charge in [0.25, 0.3) is 0 Å². The lowest BCUT2D eigenvalue weighted by Gasteiger charge is -2.26. The number of carboxylic acid groups (broad SMARTS) is 1. The summed E-state index contributed by atoms with van der Waals surface area (Å²) in [7, 11) is 0. The number of hydrogen-bond acceptors (Lipinski definition) is 3. The molecular weight excluding hydrogens is 275 g/mol. The number of nitrogens with one attached hydrogen (secondary N) is 1. The number of rotatable bonds is 5. The number of aliphatic carboxylic acids is 1. The van der Waals surface area contributed by atoms with Crippen LogP contribution in [-0.4, -0.2) is 41.5 Å². The number of carbonyl (C=O) groups is 2. The third-order valence-electron chi connectivity index (χ3n) is 3.57. The average Bonchev–Trinajstić information content (AvgIpc) is 2.47. The number of amides is 1. The van der Waals surface area contributed by atoms with Gasteiger partial charge < -0.3 is 10.4 Å². The topological polar surface area (TPSA) is 69.6 Å². The summed E-state index contributed by atoms with van der Waals surface area (Å²) in [5.41, 5.74) is 0.357. The van der Waals surface area contributed by atoms with Crippen molar-refractivity contribution < 1.29 is 19.1 Å². The van der Waals surface area contributed by atoms with Gasteiger partial charge in [-0.05, 0) is 43.6 Å². The highest BCUT2D eigenvalue weighted by molar-refractivity contribution is 5.85. The maximum absolute atomic E-state index is 12.9. The second-order valence-corrected chi connectivity index (χ2v) is 5.23. The normalized spacial score (nSPS) is 17.2. The minimum absolute atomic E-state index is 0.199. The van der Waals surface area contributed by atoms with E-state index >= 15 is 0 Å². The predicted octanol–water partition coefficient (Wildman–Crippen LogP) is 1.55. The van der Waals surface area contributed by atoms with Gasteiger partial charge in [-0.25, -0.2) is 9.18 Å². The Morgan fingerprint density at radius 1 is 1.19 bits per heavy atom. The molecule has 1 unspecified atom stereocenters. The molecule has 21 heavy (non-hydrogen) atoms. The Morgan fingerprint density at radius 2 is 1.81 bits per heavy atom. The molecule has 0 aliphatic carbocycles. The van der Waals surface area contributed by atoms with Gasteiger partial charge in [-0.15, -0.1) is 0 Å². The zero-order valence-corrected chi connectivity index (χ0v) is 11.7. The smallest absolute Gasteiger partial charge is 0.330 e. The third-order valence-corrected chi connectivity index (χ3v) is 3.57. The van der Waals surface area contributed by atoms with Crippen LogP contribution >= 0.6 is 0 Å². The second-order valence-electron chi connectivity index (χ2n) is 5.23. The van der Waals surface area contributed by atoms with Crippen LogP contribution in [0.3, 0.4) is 0 Å². The second kappa shape index (κ2) is 7.17. The highest BCUT2D eigenvalue weighted by Gasteiger charge is 2.23. The highest BCUT2D eigenvalue weighted by atomic mass is 19.1. The van der Waals surface area contributed by atoms with Crippen molar-refractivity contribution in [3.05, 3.63) is 35.6 Å². The van der Waals surface area contributed by atoms with E-state index in [0.717, 1.165) is 25.9 Å². The predicted molar refractivity (Wildman–Crippen MR) is 75.2 cm³/mol. The fraction of sp³-hybridized carbons (Fsp3) is 0.467. The molecule has 6 heteroatoms. The molecule has 5 nitrogen and oxygen atoms in total. The molecule has 1 aliphatic heterocycles. The van der Waals surface area contributed by atoms with Crippen molar-refractivity contribution in [1.29, 1.82) is 0 Å². The fourth-order valence-electron chi connectivity index (χ4n) is 2.47. The lowest BCUT2D eigenvalue weighted by Crippen LogP contribution is -2.42. The Hall–Kier alpha value is -1.95. The molecule has 1 saturated heterocycles. The molecule has 0 spiro atoms. The van der Waals surface area contributed by atoms with Crippen molar-refractivity contribution in [3.63, 3.8) is 0 Å². The van der Waals surface area contributed by atoms with Gasteiger partial charge in [-0.2, -0.15) is 0 Å². The third kappa shape index (κ3) is 4.53. The molecule has 1 aromatic rings. The standard InChI is InChI=1S/C15H19FN2O3/c16-12-6-4-11(5-7-12)14(15(20)21)17-13(19)10-18-8-2-1-3-9-18/h4-7,14H,1-3,8-10H2,(H,17,19)(H,20,21). The SMILES string of the molecule is O=C(CN1CCCCC1)NC(C(=O)O)c1ccc(F)cc1. The van der Waals surface area contributed by atoms with Crippen LogP contribution < -0.4 is 5.32 Å². The van der Waals surface area contributed by atoms with Gasteiger partial charge in [0.2, 0.25) is 5.91 Å². The first-order valence-corrected chi connectivity index (χ1v) is 7.06. The fourth-order valence-corrected chi connectivity index (χ4v) is 2.47. The molecule has 1 aliphatic rings. The Labute approximate surface area is 122 Å². The zero-order chi connectivity index (χ0) is 15.2. The van der Waals surface area contributed by atoms with Crippen molar-refractivity contribution in [3.8, 4) is 0 Å². The van der Waals surface area contributed by atoms with Gasteiger partial charge in [0, 0.05) is 0 Å². The van der Waals surface area contributed by atoms with Crippen LogP contribution in [0.4, 0.5) is 4.39 Å². The van der Waals surface area contributed by atoms with E-state index in [1.165, 1.54) is 30.7 Å². The van der Waals surface area contributed by atoms with Crippen LogP contribution in [0.5, 0.6) is 0 Å². The molecule has 0 saturated carbocycles. The number of halogens is 1. The number of hydrogen-bond donors (Lipinski definition) is 2. The van der Waals surface area contributed by atoms with E-state index in [-0.39, 0.29) is 12.5 Å². The maximum Gasteiger partial charge on any atom is 0.330 e. The first-order valence-electron chi connectivity index (χ1n) is 7.06. The van der Waals surface area contributed by atoms with Gasteiger partial charge in [-0.1, -0.05) is 18.6 Å². The summed E-state index contributed by atoms with van der Waals surface area (Å²) in [5.74, 6) is -1.93. The Bertz CT molecular complexity index is 498. The Kier molecular flexibility index (Phi) is 5.27. The number of likely N-dealkylation sites (tertiary alicyclic amines) is 1. The van der Waals surface area contributed by atoms with E-state index < -0.39 is 17.8 Å². The number of nitrogens with zero attached hydrogens (tertiary/aromatic N) is 1. The van der Waals surface area contributed by atoms with Crippen LogP contribution in [0.1, 0.15) is 30.9 Å². The van der Waals surface area contributed by atoms with Crippen molar-refractivity contribution in [2.24, 2.45) is 0 Å². The summed E-state index contributed by atoms with van der Waals surface area (Å²) >= 11 is 0. The first-order chi connectivity index (χ1) is 10.1. The summed E-state index contributed by atoms with van der Waals surface area (Å²) in [6.07, 6.45) is 3.30. The average molecular weight is 294 g/mol. The minimum atomic E-state index is -1.16. The van der Waals surface area contributed by atoms with Crippen LogP contribution in [0.15, 0.2) is 24.3 Å². The summed E-state index contributed by atoms with van der Waals surface area (Å²) in [6, 6.07) is 3.96. The van der Waals surface area contributed by atoms with E-state index in [0.29, 0.717) is 5.56 Å². The molecule has 1 aromatic carbocycles. The minimum Gasteiger partial charge on any atom is -0.479 e. The van der Waals surface area contributed by atoms with Crippen LogP contribution in [-0.2, 0) is 9.59 Å². The maximum atomic E-state index is 12.9. The van der Waals surface area contributed by atoms with E-state index in [4.69, 9.17) is 0 Å². The molecule has 0 bridgehead atoms. The van der Waals surface area contributed by atoms with Gasteiger partial charge in [-0.3, -0.25) is 9.69 Å². The molecule has 114 valence electrons. The summed E-state index contributed by atoms with van der Waals surface area (Å²) in [6.45, 7) is 1.92. The monoisotopic (exact) mass is 294 g/mol. The van der Waals surface area contributed by atoms with Crippen molar-refractivity contribution in [1.82, 2.24) is 10.2 Å². The van der Waals surface area contributed by atoms with Gasteiger partial charge in [0.1, 0.15) is 5.82 Å². The number of piperidine rings is 1. The van der Waals surface area contributed by atoms with Crippen molar-refractivity contribution >= 4 is 11.9 Å². The molecule has 1 atom stereocenters. The van der Waals surface area contributed by atoms with E-state index in [1.54, 1.807) is 0 Å². The van der Waals surface area contributed by atoms with Gasteiger partial charge >= 0.3 is 5.97 Å². The van der Waals surface area contributed by atoms with E-state index in [2.05, 4.69) is 5.32 Å². The van der Waals surface area contributed by atoms with Gasteiger partial charge in [0.05, 0.1) is 6.54 Å². The quantitative estimate of drug-likeness (QED) is 0.864. The lowest BCUT2D eigenvalue weighted by atomic mass is 10.1. The van der Waals surface area contributed by atoms with Crippen LogP contribution in [0.25, 0.3) is 0 Å². The van der Waals surface area contributed by atoms with Crippen LogP contribution in [0.2, 0.25) is 0 Å². The number of carboxylic acids is 1. The van der Waals surface area contributed by atoms with Gasteiger partial charge in [0.15, 0.2) is 6.04 Å². The highest BCUT2D eigenvalue weighted by Crippen LogP contribution is 2.14. The molecule has 1 heterocycles. The summed E-state index contributed by atoms with van der Waals surface area (Å²) in [5, 5.41) is 11.7. The zero-order valence-electron chi connectivity index (χ0n) is 11.7. The van der Waals surface area contributed by atoms with E-state index in [9.17, 15) is 19.1 Å². The summed E-state index contributed by atoms with van der Waals surface area (Å²) < 4.78 is 12.9. The Balaban J connectivity index is 1.97. The van der Waals surface area contributed by atoms with Crippen molar-refractivity contribution in [2.45, 2.75) is 25.3 Å². The molecule has 1 amide bonds. The molecule has 2 N–H and O–H groups in total. The lowest BCUT2D eigenvalue weighted by molar-refractivity contribution is -0.142. The number of carbonyl (C=O) groups excluding carboxylic acids is 1. The molecule has 0 aromatic heterocycles.